The monoisotopic (exact) mass is 339 g/mol. The lowest BCUT2D eigenvalue weighted by Gasteiger charge is -2.13. The number of amides is 1. The summed E-state index contributed by atoms with van der Waals surface area (Å²) < 4.78 is 7.95. The Labute approximate surface area is 138 Å². The Kier molecular flexibility index (Phi) is 5.38. The van der Waals surface area contributed by atoms with Gasteiger partial charge >= 0.3 is 5.97 Å². The first-order chi connectivity index (χ1) is 10.9. The number of hydrogen-bond donors (Lipinski definition) is 1. The Bertz CT molecular complexity index is 709. The maximum atomic E-state index is 12.3. The van der Waals surface area contributed by atoms with Gasteiger partial charge in [0.05, 0.1) is 36.5 Å². The molecule has 0 aliphatic heterocycles. The Morgan fingerprint density at radius 1 is 1.39 bits per heavy atom. The summed E-state index contributed by atoms with van der Waals surface area (Å²) in [7, 11) is 1.64. The zero-order valence-corrected chi connectivity index (χ0v) is 13.9. The third-order valence-corrected chi connectivity index (χ3v) is 3.38. The topological polar surface area (TPSA) is 91.0 Å². The van der Waals surface area contributed by atoms with Crippen molar-refractivity contribution in [2.75, 3.05) is 11.9 Å². The van der Waals surface area contributed by atoms with Crippen molar-refractivity contribution in [3.63, 3.8) is 0 Å². The fourth-order valence-electron chi connectivity index (χ4n) is 1.99. The predicted molar refractivity (Wildman–Crippen MR) is 84.2 cm³/mol. The second kappa shape index (κ2) is 7.28. The van der Waals surface area contributed by atoms with Gasteiger partial charge in [-0.05, 0) is 6.92 Å². The van der Waals surface area contributed by atoms with Crippen LogP contribution >= 0.6 is 11.6 Å². The van der Waals surface area contributed by atoms with E-state index < -0.39 is 5.97 Å². The van der Waals surface area contributed by atoms with Crippen LogP contribution < -0.4 is 5.32 Å². The minimum absolute atomic E-state index is 0.219. The summed E-state index contributed by atoms with van der Waals surface area (Å²) >= 11 is 5.80. The number of rotatable bonds is 6. The van der Waals surface area contributed by atoms with E-state index in [1.807, 2.05) is 0 Å². The summed E-state index contributed by atoms with van der Waals surface area (Å²) in [5.74, 6) is -0.858. The van der Waals surface area contributed by atoms with Crippen molar-refractivity contribution in [2.24, 2.45) is 13.0 Å². The molecule has 23 heavy (non-hydrogen) atoms. The van der Waals surface area contributed by atoms with Crippen LogP contribution in [0.25, 0.3) is 0 Å². The van der Waals surface area contributed by atoms with Crippen molar-refractivity contribution in [2.45, 2.75) is 20.4 Å². The van der Waals surface area contributed by atoms with Crippen molar-refractivity contribution in [1.29, 1.82) is 0 Å². The molecule has 2 heterocycles. The molecule has 0 radical (unpaired) electrons. The summed E-state index contributed by atoms with van der Waals surface area (Å²) in [6.45, 7) is 4.08. The highest BCUT2D eigenvalue weighted by molar-refractivity contribution is 6.30. The molecule has 1 amide bonds. The molecular weight excluding hydrogens is 322 g/mol. The van der Waals surface area contributed by atoms with Gasteiger partial charge in [0.2, 0.25) is 5.91 Å². The molecule has 2 aromatic rings. The van der Waals surface area contributed by atoms with Gasteiger partial charge < -0.3 is 10.1 Å². The van der Waals surface area contributed by atoms with E-state index in [0.717, 1.165) is 0 Å². The van der Waals surface area contributed by atoms with Crippen LogP contribution in [-0.4, -0.2) is 38.0 Å². The highest BCUT2D eigenvalue weighted by Crippen LogP contribution is 2.17. The average Bonchev–Trinajstić information content (AvgIpc) is 3.06. The van der Waals surface area contributed by atoms with Crippen molar-refractivity contribution in [3.05, 3.63) is 29.2 Å². The minimum atomic E-state index is -0.526. The van der Waals surface area contributed by atoms with Crippen molar-refractivity contribution < 1.29 is 14.3 Å². The predicted octanol–water partition coefficient (Wildman–Crippen LogP) is 1.72. The van der Waals surface area contributed by atoms with Crippen LogP contribution in [0.1, 0.15) is 24.2 Å². The number of esters is 1. The van der Waals surface area contributed by atoms with Gasteiger partial charge in [-0.2, -0.15) is 10.2 Å². The maximum Gasteiger partial charge on any atom is 0.343 e. The lowest BCUT2D eigenvalue weighted by atomic mass is 10.1. The summed E-state index contributed by atoms with van der Waals surface area (Å²) in [4.78, 5) is 24.2. The Morgan fingerprint density at radius 2 is 2.13 bits per heavy atom. The van der Waals surface area contributed by atoms with E-state index in [1.54, 1.807) is 31.8 Å². The smallest absolute Gasteiger partial charge is 0.343 e. The van der Waals surface area contributed by atoms with Gasteiger partial charge in [-0.15, -0.1) is 0 Å². The number of nitrogens with one attached hydrogen (secondary N) is 1. The summed E-state index contributed by atoms with van der Waals surface area (Å²) in [5, 5.41) is 11.2. The molecule has 2 rings (SSSR count). The molecule has 0 aliphatic carbocycles. The van der Waals surface area contributed by atoms with Gasteiger partial charge in [-0.25, -0.2) is 4.79 Å². The molecule has 1 unspecified atom stereocenters. The second-order valence-electron chi connectivity index (χ2n) is 5.02. The first-order valence-corrected chi connectivity index (χ1v) is 7.48. The Balaban J connectivity index is 2.07. The molecular formula is C14H18ClN5O3. The number of hydrogen-bond acceptors (Lipinski definition) is 5. The number of ether oxygens (including phenoxy) is 1. The van der Waals surface area contributed by atoms with E-state index in [-0.39, 0.29) is 24.0 Å². The first-order valence-electron chi connectivity index (χ1n) is 7.10. The number of aromatic nitrogens is 4. The Hall–Kier alpha value is -2.35. The number of carbonyl (C=O) groups excluding carboxylic acids is 2. The van der Waals surface area contributed by atoms with E-state index in [0.29, 0.717) is 17.4 Å². The number of aryl methyl sites for hydroxylation is 1. The molecule has 1 atom stereocenters. The largest absolute Gasteiger partial charge is 0.462 e. The molecule has 9 heteroatoms. The van der Waals surface area contributed by atoms with E-state index in [1.165, 1.54) is 17.1 Å². The molecule has 0 aromatic carbocycles. The molecule has 0 bridgehead atoms. The molecule has 1 N–H and O–H groups in total. The van der Waals surface area contributed by atoms with Gasteiger partial charge in [-0.1, -0.05) is 18.5 Å². The van der Waals surface area contributed by atoms with Crippen molar-refractivity contribution in [3.8, 4) is 0 Å². The maximum absolute atomic E-state index is 12.3. The van der Waals surface area contributed by atoms with Gasteiger partial charge in [0.15, 0.2) is 0 Å². The van der Waals surface area contributed by atoms with Crippen molar-refractivity contribution >= 4 is 29.3 Å². The zero-order chi connectivity index (χ0) is 17.0. The van der Waals surface area contributed by atoms with Crippen LogP contribution in [0.5, 0.6) is 0 Å². The fraction of sp³-hybridized carbons (Fsp3) is 0.429. The van der Waals surface area contributed by atoms with Crippen LogP contribution in [0.3, 0.4) is 0 Å². The van der Waals surface area contributed by atoms with Gasteiger partial charge in [0.1, 0.15) is 11.4 Å². The van der Waals surface area contributed by atoms with Crippen LogP contribution in [0.4, 0.5) is 5.82 Å². The highest BCUT2D eigenvalue weighted by atomic mass is 35.5. The quantitative estimate of drug-likeness (QED) is 0.809. The number of anilines is 1. The number of nitrogens with zero attached hydrogens (tertiary/aromatic N) is 4. The summed E-state index contributed by atoms with van der Waals surface area (Å²) in [6, 6.07) is 0. The summed E-state index contributed by atoms with van der Waals surface area (Å²) in [6.07, 6.45) is 4.51. The van der Waals surface area contributed by atoms with Crippen LogP contribution in [0.15, 0.2) is 18.6 Å². The summed E-state index contributed by atoms with van der Waals surface area (Å²) in [5.41, 5.74) is 0.219. The molecule has 0 saturated carbocycles. The standard InChI is InChI=1S/C14H18ClN5O3/c1-4-23-14(22)11-6-16-19(3)12(11)18-13(21)9(2)7-20-8-10(15)5-17-20/h5-6,8-9H,4,7H2,1-3H3,(H,18,21). The van der Waals surface area contributed by atoms with E-state index >= 15 is 0 Å². The van der Waals surface area contributed by atoms with Crippen LogP contribution in [-0.2, 0) is 23.1 Å². The molecule has 8 nitrogen and oxygen atoms in total. The number of halogens is 1. The highest BCUT2D eigenvalue weighted by Gasteiger charge is 2.22. The SMILES string of the molecule is CCOC(=O)c1cnn(C)c1NC(=O)C(C)Cn1cc(Cl)cn1. The second-order valence-corrected chi connectivity index (χ2v) is 5.46. The Morgan fingerprint density at radius 3 is 2.74 bits per heavy atom. The molecule has 0 fully saturated rings. The molecule has 0 spiro atoms. The van der Waals surface area contributed by atoms with Gasteiger partial charge in [0, 0.05) is 13.2 Å². The average molecular weight is 340 g/mol. The lowest BCUT2D eigenvalue weighted by molar-refractivity contribution is -0.119. The minimum Gasteiger partial charge on any atom is -0.462 e. The van der Waals surface area contributed by atoms with Gasteiger partial charge in [0.25, 0.3) is 0 Å². The van der Waals surface area contributed by atoms with Crippen LogP contribution in [0.2, 0.25) is 5.02 Å². The lowest BCUT2D eigenvalue weighted by Crippen LogP contribution is -2.26. The molecule has 0 aliphatic rings. The normalized spacial score (nSPS) is 12.0. The number of carbonyl (C=O) groups is 2. The van der Waals surface area contributed by atoms with E-state index in [2.05, 4.69) is 15.5 Å². The fourth-order valence-corrected chi connectivity index (χ4v) is 2.14. The van der Waals surface area contributed by atoms with E-state index in [9.17, 15) is 9.59 Å². The van der Waals surface area contributed by atoms with E-state index in [4.69, 9.17) is 16.3 Å². The van der Waals surface area contributed by atoms with Crippen molar-refractivity contribution in [1.82, 2.24) is 19.6 Å². The third kappa shape index (κ3) is 4.10. The first kappa shape index (κ1) is 17.0. The zero-order valence-electron chi connectivity index (χ0n) is 13.1. The van der Waals surface area contributed by atoms with Gasteiger partial charge in [-0.3, -0.25) is 14.2 Å². The third-order valence-electron chi connectivity index (χ3n) is 3.19. The molecule has 0 saturated heterocycles. The molecule has 2 aromatic heterocycles. The molecule has 124 valence electrons. The van der Waals surface area contributed by atoms with Crippen LogP contribution in [0, 0.1) is 5.92 Å².